The molecule has 120 valence electrons. The molecule has 3 unspecified atom stereocenters. The van der Waals surface area contributed by atoms with E-state index in [-0.39, 0.29) is 0 Å². The van der Waals surface area contributed by atoms with Crippen molar-refractivity contribution in [2.75, 3.05) is 33.4 Å². The standard InChI is InChI=1S/C17H36N2O/c1-6-15(4)17-13-19(9-7-8-10-20-5)16(12-18-17)11-14(2)3/h14-18H,6-13H2,1-5H3. The van der Waals surface area contributed by atoms with Gasteiger partial charge in [0.05, 0.1) is 0 Å². The summed E-state index contributed by atoms with van der Waals surface area (Å²) in [7, 11) is 1.80. The molecule has 1 aliphatic heterocycles. The first-order chi connectivity index (χ1) is 9.58. The van der Waals surface area contributed by atoms with E-state index >= 15 is 0 Å². The van der Waals surface area contributed by atoms with Crippen molar-refractivity contribution in [2.24, 2.45) is 11.8 Å². The minimum absolute atomic E-state index is 0.672. The molecule has 0 bridgehead atoms. The van der Waals surface area contributed by atoms with Gasteiger partial charge in [-0.2, -0.15) is 0 Å². The summed E-state index contributed by atoms with van der Waals surface area (Å²) < 4.78 is 5.17. The molecule has 3 atom stereocenters. The number of piperazine rings is 1. The summed E-state index contributed by atoms with van der Waals surface area (Å²) in [6, 6.07) is 1.39. The van der Waals surface area contributed by atoms with Gasteiger partial charge >= 0.3 is 0 Å². The Hall–Kier alpha value is -0.120. The maximum absolute atomic E-state index is 5.17. The Kier molecular flexibility index (Phi) is 8.74. The van der Waals surface area contributed by atoms with Gasteiger partial charge in [0.2, 0.25) is 0 Å². The predicted octanol–water partition coefficient (Wildman–Crippen LogP) is 3.15. The second-order valence-electron chi connectivity index (χ2n) is 6.88. The molecule has 20 heavy (non-hydrogen) atoms. The van der Waals surface area contributed by atoms with Gasteiger partial charge < -0.3 is 10.1 Å². The lowest BCUT2D eigenvalue weighted by atomic mass is 9.92. The quantitative estimate of drug-likeness (QED) is 0.658. The molecule has 3 nitrogen and oxygen atoms in total. The van der Waals surface area contributed by atoms with Crippen molar-refractivity contribution in [3.8, 4) is 0 Å². The van der Waals surface area contributed by atoms with E-state index in [4.69, 9.17) is 4.74 Å². The van der Waals surface area contributed by atoms with Gasteiger partial charge in [0.15, 0.2) is 0 Å². The van der Waals surface area contributed by atoms with E-state index in [1.54, 1.807) is 7.11 Å². The summed E-state index contributed by atoms with van der Waals surface area (Å²) in [4.78, 5) is 2.74. The molecule has 0 aliphatic carbocycles. The van der Waals surface area contributed by atoms with E-state index in [1.807, 2.05) is 0 Å². The van der Waals surface area contributed by atoms with Crippen molar-refractivity contribution in [1.82, 2.24) is 10.2 Å². The Labute approximate surface area is 126 Å². The van der Waals surface area contributed by atoms with Gasteiger partial charge in [0.25, 0.3) is 0 Å². The maximum atomic E-state index is 5.17. The summed E-state index contributed by atoms with van der Waals surface area (Å²) in [6.45, 7) is 13.9. The molecular formula is C17H36N2O. The highest BCUT2D eigenvalue weighted by atomic mass is 16.5. The van der Waals surface area contributed by atoms with Gasteiger partial charge in [0.1, 0.15) is 0 Å². The van der Waals surface area contributed by atoms with Gasteiger partial charge in [-0.3, -0.25) is 4.90 Å². The third kappa shape index (κ3) is 6.11. The van der Waals surface area contributed by atoms with Crippen LogP contribution in [0.1, 0.15) is 53.4 Å². The fraction of sp³-hybridized carbons (Fsp3) is 1.00. The number of unbranched alkanes of at least 4 members (excludes halogenated alkanes) is 1. The van der Waals surface area contributed by atoms with Crippen LogP contribution in [0.5, 0.6) is 0 Å². The van der Waals surface area contributed by atoms with Crippen molar-refractivity contribution in [1.29, 1.82) is 0 Å². The van der Waals surface area contributed by atoms with E-state index < -0.39 is 0 Å². The lowest BCUT2D eigenvalue weighted by Crippen LogP contribution is -2.58. The largest absolute Gasteiger partial charge is 0.385 e. The van der Waals surface area contributed by atoms with E-state index in [1.165, 1.54) is 38.8 Å². The van der Waals surface area contributed by atoms with Crippen LogP contribution < -0.4 is 5.32 Å². The molecular weight excluding hydrogens is 248 g/mol. The topological polar surface area (TPSA) is 24.5 Å². The third-order valence-corrected chi connectivity index (χ3v) is 4.68. The Morgan fingerprint density at radius 2 is 2.00 bits per heavy atom. The first-order valence-electron chi connectivity index (χ1n) is 8.54. The van der Waals surface area contributed by atoms with Gasteiger partial charge in [0, 0.05) is 38.9 Å². The molecule has 3 heteroatoms. The average molecular weight is 284 g/mol. The molecule has 0 aromatic carbocycles. The monoisotopic (exact) mass is 284 g/mol. The first kappa shape index (κ1) is 17.9. The summed E-state index contributed by atoms with van der Waals surface area (Å²) >= 11 is 0. The highest BCUT2D eigenvalue weighted by Gasteiger charge is 2.29. The Morgan fingerprint density at radius 1 is 1.25 bits per heavy atom. The minimum Gasteiger partial charge on any atom is -0.385 e. The van der Waals surface area contributed by atoms with Crippen molar-refractivity contribution in [2.45, 2.75) is 65.5 Å². The summed E-state index contributed by atoms with van der Waals surface area (Å²) in [5, 5.41) is 3.79. The van der Waals surface area contributed by atoms with Crippen LogP contribution in [0.15, 0.2) is 0 Å². The van der Waals surface area contributed by atoms with E-state index in [0.29, 0.717) is 6.04 Å². The third-order valence-electron chi connectivity index (χ3n) is 4.68. The van der Waals surface area contributed by atoms with E-state index in [9.17, 15) is 0 Å². The molecule has 0 radical (unpaired) electrons. The lowest BCUT2D eigenvalue weighted by Gasteiger charge is -2.43. The molecule has 1 N–H and O–H groups in total. The number of nitrogens with one attached hydrogen (secondary N) is 1. The number of methoxy groups -OCH3 is 1. The minimum atomic E-state index is 0.672. The van der Waals surface area contributed by atoms with Gasteiger partial charge in [-0.05, 0) is 37.6 Å². The molecule has 1 saturated heterocycles. The highest BCUT2D eigenvalue weighted by Crippen LogP contribution is 2.20. The molecule has 0 saturated carbocycles. The van der Waals surface area contributed by atoms with Crippen LogP contribution in [-0.4, -0.2) is 50.3 Å². The van der Waals surface area contributed by atoms with Crippen LogP contribution in [0.4, 0.5) is 0 Å². The zero-order valence-corrected chi connectivity index (χ0v) is 14.3. The lowest BCUT2D eigenvalue weighted by molar-refractivity contribution is 0.0905. The molecule has 0 amide bonds. The fourth-order valence-electron chi connectivity index (χ4n) is 3.16. The summed E-state index contributed by atoms with van der Waals surface area (Å²) in [5.74, 6) is 1.56. The first-order valence-corrected chi connectivity index (χ1v) is 8.54. The number of rotatable bonds is 9. The normalized spacial score (nSPS) is 26.1. The van der Waals surface area contributed by atoms with E-state index in [0.717, 1.165) is 31.0 Å². The second-order valence-corrected chi connectivity index (χ2v) is 6.88. The molecule has 1 aliphatic rings. The molecule has 0 aromatic heterocycles. The predicted molar refractivity (Wildman–Crippen MR) is 87.2 cm³/mol. The van der Waals surface area contributed by atoms with Gasteiger partial charge in [-0.1, -0.05) is 34.1 Å². The zero-order valence-electron chi connectivity index (χ0n) is 14.3. The van der Waals surface area contributed by atoms with Crippen molar-refractivity contribution in [3.05, 3.63) is 0 Å². The summed E-state index contributed by atoms with van der Waals surface area (Å²) in [5.41, 5.74) is 0. The second kappa shape index (κ2) is 9.75. The van der Waals surface area contributed by atoms with E-state index in [2.05, 4.69) is 37.9 Å². The smallest absolute Gasteiger partial charge is 0.0462 e. The maximum Gasteiger partial charge on any atom is 0.0462 e. The highest BCUT2D eigenvalue weighted by molar-refractivity contribution is 4.88. The average Bonchev–Trinajstić information content (AvgIpc) is 2.43. The van der Waals surface area contributed by atoms with Crippen molar-refractivity contribution >= 4 is 0 Å². The Balaban J connectivity index is 2.48. The SMILES string of the molecule is CCC(C)C1CN(CCCCOC)C(CC(C)C)CN1. The fourth-order valence-corrected chi connectivity index (χ4v) is 3.16. The molecule has 1 rings (SSSR count). The number of nitrogens with zero attached hydrogens (tertiary/aromatic N) is 1. The molecule has 0 aromatic rings. The van der Waals surface area contributed by atoms with Crippen molar-refractivity contribution in [3.63, 3.8) is 0 Å². The van der Waals surface area contributed by atoms with Crippen LogP contribution in [-0.2, 0) is 4.74 Å². The Morgan fingerprint density at radius 3 is 2.60 bits per heavy atom. The van der Waals surface area contributed by atoms with Gasteiger partial charge in [-0.15, -0.1) is 0 Å². The van der Waals surface area contributed by atoms with Crippen LogP contribution in [0.3, 0.4) is 0 Å². The molecule has 0 spiro atoms. The summed E-state index contributed by atoms with van der Waals surface area (Å²) in [6.07, 6.45) is 5.02. The van der Waals surface area contributed by atoms with Crippen LogP contribution in [0.2, 0.25) is 0 Å². The number of hydrogen-bond acceptors (Lipinski definition) is 3. The van der Waals surface area contributed by atoms with Crippen molar-refractivity contribution < 1.29 is 4.74 Å². The molecule has 1 heterocycles. The number of hydrogen-bond donors (Lipinski definition) is 1. The zero-order chi connectivity index (χ0) is 15.0. The Bertz CT molecular complexity index is 245. The van der Waals surface area contributed by atoms with Crippen LogP contribution in [0.25, 0.3) is 0 Å². The number of ether oxygens (including phenoxy) is 1. The van der Waals surface area contributed by atoms with Crippen LogP contribution >= 0.6 is 0 Å². The van der Waals surface area contributed by atoms with Crippen LogP contribution in [0, 0.1) is 11.8 Å². The molecule has 1 fully saturated rings. The van der Waals surface area contributed by atoms with Gasteiger partial charge in [-0.25, -0.2) is 0 Å².